The minimum atomic E-state index is -1.49. The number of rotatable bonds is 4. The van der Waals surface area contributed by atoms with Gasteiger partial charge in [0, 0.05) is 9.92 Å². The topological polar surface area (TPSA) is 54.4 Å². The van der Waals surface area contributed by atoms with E-state index in [1.807, 2.05) is 0 Å². The average Bonchev–Trinajstić information content (AvgIpc) is 2.43. The molecule has 6 heteroatoms. The van der Waals surface area contributed by atoms with E-state index in [1.54, 1.807) is 6.07 Å². The minimum absolute atomic E-state index is 0.0274. The van der Waals surface area contributed by atoms with Crippen molar-refractivity contribution in [3.05, 3.63) is 64.4 Å². The highest BCUT2D eigenvalue weighted by Crippen LogP contribution is 2.21. The zero-order valence-corrected chi connectivity index (χ0v) is 11.7. The lowest BCUT2D eigenvalue weighted by Gasteiger charge is -2.06. The zero-order valence-electron chi connectivity index (χ0n) is 10.2. The number of carboxylic acid groups (broad SMARTS) is 1. The van der Waals surface area contributed by atoms with E-state index in [0.29, 0.717) is 15.5 Å². The predicted octanol–water partition coefficient (Wildman–Crippen LogP) is 3.49. The number of benzene rings is 2. The fourth-order valence-corrected chi connectivity index (χ4v) is 3.09. The number of halogens is 2. The van der Waals surface area contributed by atoms with Crippen LogP contribution in [0.15, 0.2) is 47.4 Å². The Balaban J connectivity index is 2.26. The summed E-state index contributed by atoms with van der Waals surface area (Å²) in [6, 6.07) is 9.68. The summed E-state index contributed by atoms with van der Waals surface area (Å²) in [5.41, 5.74) is 0.479. The summed E-state index contributed by atoms with van der Waals surface area (Å²) < 4.78 is 25.3. The van der Waals surface area contributed by atoms with Crippen molar-refractivity contribution < 1.29 is 18.5 Å². The van der Waals surface area contributed by atoms with Gasteiger partial charge < -0.3 is 5.11 Å². The molecule has 1 unspecified atom stereocenters. The van der Waals surface area contributed by atoms with Crippen LogP contribution in [0.1, 0.15) is 15.9 Å². The highest BCUT2D eigenvalue weighted by molar-refractivity contribution is 7.84. The van der Waals surface area contributed by atoms with Gasteiger partial charge in [0.25, 0.3) is 0 Å². The monoisotopic (exact) mass is 312 g/mol. The molecule has 0 aromatic heterocycles. The first kappa shape index (κ1) is 14.7. The molecule has 104 valence electrons. The molecule has 0 saturated heterocycles. The van der Waals surface area contributed by atoms with Crippen molar-refractivity contribution in [2.24, 2.45) is 0 Å². The van der Waals surface area contributed by atoms with Gasteiger partial charge in [-0.15, -0.1) is 0 Å². The van der Waals surface area contributed by atoms with Crippen molar-refractivity contribution in [1.29, 1.82) is 0 Å². The van der Waals surface area contributed by atoms with Gasteiger partial charge in [0.15, 0.2) is 0 Å². The zero-order chi connectivity index (χ0) is 14.7. The molecule has 2 aromatic rings. The summed E-state index contributed by atoms with van der Waals surface area (Å²) >= 11 is 5.91. The second-order valence-corrected chi connectivity index (χ2v) is 5.92. The van der Waals surface area contributed by atoms with Crippen LogP contribution < -0.4 is 0 Å². The number of hydrogen-bond acceptors (Lipinski definition) is 2. The second-order valence-electron chi connectivity index (χ2n) is 4.06. The van der Waals surface area contributed by atoms with E-state index in [2.05, 4.69) is 0 Å². The van der Waals surface area contributed by atoms with Crippen LogP contribution in [0.4, 0.5) is 4.39 Å². The van der Waals surface area contributed by atoms with Crippen molar-refractivity contribution in [1.82, 2.24) is 0 Å². The van der Waals surface area contributed by atoms with Crippen LogP contribution in [0, 0.1) is 5.82 Å². The fourth-order valence-electron chi connectivity index (χ4n) is 1.65. The third kappa shape index (κ3) is 3.43. The Labute approximate surface area is 122 Å². The van der Waals surface area contributed by atoms with Gasteiger partial charge in [-0.25, -0.2) is 9.18 Å². The number of hydrogen-bond donors (Lipinski definition) is 1. The fraction of sp³-hybridized carbons (Fsp3) is 0.0714. The Bertz CT molecular complexity index is 688. The van der Waals surface area contributed by atoms with Crippen LogP contribution in [0.25, 0.3) is 0 Å². The molecule has 0 bridgehead atoms. The van der Waals surface area contributed by atoms with E-state index in [-0.39, 0.29) is 11.3 Å². The van der Waals surface area contributed by atoms with Gasteiger partial charge in [-0.2, -0.15) is 0 Å². The summed E-state index contributed by atoms with van der Waals surface area (Å²) in [4.78, 5) is 11.2. The van der Waals surface area contributed by atoms with Gasteiger partial charge in [0.2, 0.25) is 0 Å². The molecule has 0 heterocycles. The van der Waals surface area contributed by atoms with Crippen molar-refractivity contribution in [3.63, 3.8) is 0 Å². The van der Waals surface area contributed by atoms with E-state index in [4.69, 9.17) is 16.7 Å². The van der Waals surface area contributed by atoms with Crippen LogP contribution >= 0.6 is 11.6 Å². The van der Waals surface area contributed by atoms with Gasteiger partial charge in [-0.3, -0.25) is 4.21 Å². The summed E-state index contributed by atoms with van der Waals surface area (Å²) in [6.45, 7) is 0. The Morgan fingerprint density at radius 2 is 2.00 bits per heavy atom. The third-order valence-electron chi connectivity index (χ3n) is 2.64. The molecule has 3 nitrogen and oxygen atoms in total. The molecule has 0 radical (unpaired) electrons. The molecular formula is C14H10ClFO3S. The molecule has 0 amide bonds. The summed E-state index contributed by atoms with van der Waals surface area (Å²) in [6.07, 6.45) is 0. The van der Waals surface area contributed by atoms with Crippen molar-refractivity contribution >= 4 is 28.4 Å². The molecule has 0 fully saturated rings. The summed E-state index contributed by atoms with van der Waals surface area (Å²) in [5.74, 6) is -1.52. The first-order valence-electron chi connectivity index (χ1n) is 5.63. The lowest BCUT2D eigenvalue weighted by molar-refractivity contribution is 0.0696. The first-order chi connectivity index (χ1) is 9.47. The van der Waals surface area contributed by atoms with E-state index < -0.39 is 22.6 Å². The molecule has 0 aliphatic rings. The standard InChI is InChI=1S/C14H10ClFO3S/c15-13-5-4-11(16)6-10(13)8-20(19)12-3-1-2-9(7-12)14(17)18/h1-7H,8H2,(H,17,18). The highest BCUT2D eigenvalue weighted by atomic mass is 35.5. The van der Waals surface area contributed by atoms with Gasteiger partial charge in [-0.05, 0) is 42.0 Å². The lowest BCUT2D eigenvalue weighted by atomic mass is 10.2. The molecule has 1 N–H and O–H groups in total. The number of carbonyl (C=O) groups is 1. The molecule has 0 aliphatic carbocycles. The second kappa shape index (κ2) is 6.15. The van der Waals surface area contributed by atoms with Crippen LogP contribution in [-0.4, -0.2) is 15.3 Å². The van der Waals surface area contributed by atoms with Gasteiger partial charge >= 0.3 is 5.97 Å². The normalized spacial score (nSPS) is 12.1. The quantitative estimate of drug-likeness (QED) is 0.940. The number of aromatic carboxylic acids is 1. The largest absolute Gasteiger partial charge is 0.478 e. The maximum Gasteiger partial charge on any atom is 0.335 e. The molecule has 0 saturated carbocycles. The van der Waals surface area contributed by atoms with Crippen LogP contribution in [0.3, 0.4) is 0 Å². The van der Waals surface area contributed by atoms with Gasteiger partial charge in [0.05, 0.1) is 22.1 Å². The summed E-state index contributed by atoms with van der Waals surface area (Å²) in [7, 11) is -1.49. The van der Waals surface area contributed by atoms with Crippen LogP contribution in [-0.2, 0) is 16.6 Å². The Morgan fingerprint density at radius 3 is 2.70 bits per heavy atom. The first-order valence-corrected chi connectivity index (χ1v) is 7.33. The SMILES string of the molecule is O=C(O)c1cccc(S(=O)Cc2cc(F)ccc2Cl)c1. The predicted molar refractivity (Wildman–Crippen MR) is 74.9 cm³/mol. The molecule has 2 rings (SSSR count). The Morgan fingerprint density at radius 1 is 1.25 bits per heavy atom. The van der Waals surface area contributed by atoms with E-state index in [9.17, 15) is 13.4 Å². The Hall–Kier alpha value is -1.72. The molecule has 0 aliphatic heterocycles. The molecule has 0 spiro atoms. The van der Waals surface area contributed by atoms with Crippen LogP contribution in [0.2, 0.25) is 5.02 Å². The van der Waals surface area contributed by atoms with Crippen LogP contribution in [0.5, 0.6) is 0 Å². The smallest absolute Gasteiger partial charge is 0.335 e. The van der Waals surface area contributed by atoms with E-state index in [0.717, 1.165) is 0 Å². The maximum atomic E-state index is 13.1. The van der Waals surface area contributed by atoms with Crippen molar-refractivity contribution in [2.45, 2.75) is 10.6 Å². The van der Waals surface area contributed by atoms with Gasteiger partial charge in [-0.1, -0.05) is 17.7 Å². The molecule has 1 atom stereocenters. The average molecular weight is 313 g/mol. The third-order valence-corrected chi connectivity index (χ3v) is 4.36. The summed E-state index contributed by atoms with van der Waals surface area (Å²) in [5, 5.41) is 9.22. The van der Waals surface area contributed by atoms with Gasteiger partial charge in [0.1, 0.15) is 5.82 Å². The van der Waals surface area contributed by atoms with Crippen molar-refractivity contribution in [2.75, 3.05) is 0 Å². The number of carboxylic acids is 1. The molecular weight excluding hydrogens is 303 g/mol. The Kier molecular flexibility index (Phi) is 4.52. The molecule has 2 aromatic carbocycles. The lowest BCUT2D eigenvalue weighted by Crippen LogP contribution is -2.01. The molecule has 20 heavy (non-hydrogen) atoms. The minimum Gasteiger partial charge on any atom is -0.478 e. The van der Waals surface area contributed by atoms with Crippen molar-refractivity contribution in [3.8, 4) is 0 Å². The maximum absolute atomic E-state index is 13.1. The van der Waals surface area contributed by atoms with E-state index >= 15 is 0 Å². The van der Waals surface area contributed by atoms with E-state index in [1.165, 1.54) is 36.4 Å². The highest BCUT2D eigenvalue weighted by Gasteiger charge is 2.11.